The van der Waals surface area contributed by atoms with E-state index in [1.807, 2.05) is 4.90 Å². The maximum atomic E-state index is 11.6. The summed E-state index contributed by atoms with van der Waals surface area (Å²) in [6.45, 7) is 13.3. The molecule has 0 aromatic carbocycles. The number of likely N-dealkylation sites (tertiary alicyclic amines) is 2. The van der Waals surface area contributed by atoms with Crippen molar-refractivity contribution < 1.29 is 4.79 Å². The van der Waals surface area contributed by atoms with E-state index in [0.717, 1.165) is 13.1 Å². The van der Waals surface area contributed by atoms with Crippen molar-refractivity contribution in [1.29, 1.82) is 0 Å². The number of nitrogens with zero attached hydrogens (tertiary/aromatic N) is 2. The molecule has 2 unspecified atom stereocenters. The molecule has 0 saturated carbocycles. The molecule has 0 aromatic rings. The fourth-order valence-electron chi connectivity index (χ4n) is 3.10. The minimum Gasteiger partial charge on any atom is -0.337 e. The number of hydrogen-bond acceptors (Lipinski definition) is 2. The molecule has 0 aromatic heterocycles. The van der Waals surface area contributed by atoms with E-state index in [0.29, 0.717) is 12.0 Å². The van der Waals surface area contributed by atoms with Crippen molar-refractivity contribution >= 4 is 5.91 Å². The predicted molar refractivity (Wildman–Crippen MR) is 65.1 cm³/mol. The molecular weight excluding hydrogens is 200 g/mol. The SMILES string of the molecule is C=CC(=O)N1CC2CCN(C(C)(C)C)C2C1. The summed E-state index contributed by atoms with van der Waals surface area (Å²) in [5, 5.41) is 0. The molecule has 3 nitrogen and oxygen atoms in total. The molecule has 0 radical (unpaired) electrons. The lowest BCUT2D eigenvalue weighted by Gasteiger charge is -2.36. The summed E-state index contributed by atoms with van der Waals surface area (Å²) in [4.78, 5) is 16.1. The van der Waals surface area contributed by atoms with Gasteiger partial charge in [0.2, 0.25) is 5.91 Å². The van der Waals surface area contributed by atoms with Crippen LogP contribution >= 0.6 is 0 Å². The van der Waals surface area contributed by atoms with Crippen molar-refractivity contribution in [3.8, 4) is 0 Å². The van der Waals surface area contributed by atoms with Gasteiger partial charge in [-0.05, 0) is 45.7 Å². The molecule has 2 rings (SSSR count). The topological polar surface area (TPSA) is 23.6 Å². The minimum atomic E-state index is 0.0864. The van der Waals surface area contributed by atoms with Crippen LogP contribution in [0.25, 0.3) is 0 Å². The Bertz CT molecular complexity index is 306. The van der Waals surface area contributed by atoms with Gasteiger partial charge in [-0.1, -0.05) is 6.58 Å². The van der Waals surface area contributed by atoms with Crippen LogP contribution in [0.5, 0.6) is 0 Å². The fourth-order valence-corrected chi connectivity index (χ4v) is 3.10. The smallest absolute Gasteiger partial charge is 0.246 e. The first-order valence-corrected chi connectivity index (χ1v) is 6.11. The Hall–Kier alpha value is -0.830. The number of fused-ring (bicyclic) bond motifs is 1. The second kappa shape index (κ2) is 3.88. The number of amides is 1. The Morgan fingerprint density at radius 3 is 2.62 bits per heavy atom. The largest absolute Gasteiger partial charge is 0.337 e. The maximum absolute atomic E-state index is 11.6. The van der Waals surface area contributed by atoms with Gasteiger partial charge in [0.1, 0.15) is 0 Å². The van der Waals surface area contributed by atoms with Gasteiger partial charge in [-0.15, -0.1) is 0 Å². The van der Waals surface area contributed by atoms with E-state index in [1.54, 1.807) is 0 Å². The first-order chi connectivity index (χ1) is 7.43. The maximum Gasteiger partial charge on any atom is 0.246 e. The van der Waals surface area contributed by atoms with Crippen molar-refractivity contribution in [3.05, 3.63) is 12.7 Å². The second-order valence-corrected chi connectivity index (χ2v) is 5.93. The molecule has 2 aliphatic heterocycles. The number of rotatable bonds is 1. The van der Waals surface area contributed by atoms with E-state index in [-0.39, 0.29) is 11.4 Å². The molecule has 2 fully saturated rings. The first-order valence-electron chi connectivity index (χ1n) is 6.11. The highest BCUT2D eigenvalue weighted by atomic mass is 16.2. The van der Waals surface area contributed by atoms with Crippen LogP contribution in [0.3, 0.4) is 0 Å². The molecule has 3 heteroatoms. The van der Waals surface area contributed by atoms with Crippen molar-refractivity contribution in [2.24, 2.45) is 5.92 Å². The van der Waals surface area contributed by atoms with E-state index in [1.165, 1.54) is 19.0 Å². The van der Waals surface area contributed by atoms with Gasteiger partial charge in [-0.2, -0.15) is 0 Å². The van der Waals surface area contributed by atoms with Crippen LogP contribution in [-0.4, -0.2) is 46.9 Å². The van der Waals surface area contributed by atoms with Gasteiger partial charge in [-0.25, -0.2) is 0 Å². The predicted octanol–water partition coefficient (Wildman–Crippen LogP) is 1.50. The fraction of sp³-hybridized carbons (Fsp3) is 0.769. The Kier molecular flexibility index (Phi) is 2.82. The lowest BCUT2D eigenvalue weighted by molar-refractivity contribution is -0.125. The van der Waals surface area contributed by atoms with Crippen molar-refractivity contribution in [2.45, 2.75) is 38.8 Å². The number of hydrogen-bond donors (Lipinski definition) is 0. The summed E-state index contributed by atoms with van der Waals surface area (Å²) < 4.78 is 0. The molecule has 2 saturated heterocycles. The Labute approximate surface area is 98.1 Å². The van der Waals surface area contributed by atoms with E-state index in [4.69, 9.17) is 0 Å². The van der Waals surface area contributed by atoms with Crippen LogP contribution in [0, 0.1) is 5.92 Å². The molecule has 2 heterocycles. The standard InChI is InChI=1S/C13H22N2O/c1-5-12(16)14-8-10-6-7-15(11(10)9-14)13(2,3)4/h5,10-11H,1,6-9H2,2-4H3. The highest BCUT2D eigenvalue weighted by Crippen LogP contribution is 2.35. The third-order valence-electron chi connectivity index (χ3n) is 3.90. The Morgan fingerprint density at radius 1 is 1.38 bits per heavy atom. The molecule has 0 bridgehead atoms. The molecule has 16 heavy (non-hydrogen) atoms. The average molecular weight is 222 g/mol. The van der Waals surface area contributed by atoms with Crippen molar-refractivity contribution in [1.82, 2.24) is 9.80 Å². The van der Waals surface area contributed by atoms with Gasteiger partial charge in [-0.3, -0.25) is 9.69 Å². The van der Waals surface area contributed by atoms with Gasteiger partial charge in [0.15, 0.2) is 0 Å². The zero-order valence-electron chi connectivity index (χ0n) is 10.6. The molecular formula is C13H22N2O. The third kappa shape index (κ3) is 1.88. The van der Waals surface area contributed by atoms with E-state index in [2.05, 4.69) is 32.3 Å². The van der Waals surface area contributed by atoms with E-state index >= 15 is 0 Å². The average Bonchev–Trinajstić information content (AvgIpc) is 2.72. The summed E-state index contributed by atoms with van der Waals surface area (Å²) >= 11 is 0. The zero-order chi connectivity index (χ0) is 11.9. The van der Waals surface area contributed by atoms with Crippen molar-refractivity contribution in [2.75, 3.05) is 19.6 Å². The van der Waals surface area contributed by atoms with Crippen LogP contribution in [0.4, 0.5) is 0 Å². The van der Waals surface area contributed by atoms with Gasteiger partial charge < -0.3 is 4.90 Å². The lowest BCUT2D eigenvalue weighted by Crippen LogP contribution is -2.47. The molecule has 2 aliphatic rings. The summed E-state index contributed by atoms with van der Waals surface area (Å²) in [5.41, 5.74) is 0.215. The summed E-state index contributed by atoms with van der Waals surface area (Å²) in [6, 6.07) is 0.559. The second-order valence-electron chi connectivity index (χ2n) is 5.93. The molecule has 90 valence electrons. The molecule has 0 spiro atoms. The third-order valence-corrected chi connectivity index (χ3v) is 3.90. The number of carbonyl (C=O) groups excluding carboxylic acids is 1. The van der Waals surface area contributed by atoms with Crippen LogP contribution in [0.2, 0.25) is 0 Å². The summed E-state index contributed by atoms with van der Waals surface area (Å²) in [6.07, 6.45) is 2.66. The van der Waals surface area contributed by atoms with Gasteiger partial charge in [0.05, 0.1) is 0 Å². The summed E-state index contributed by atoms with van der Waals surface area (Å²) in [5.74, 6) is 0.756. The monoisotopic (exact) mass is 222 g/mol. The molecule has 0 aliphatic carbocycles. The molecule has 1 amide bonds. The molecule has 0 N–H and O–H groups in total. The van der Waals surface area contributed by atoms with Crippen LogP contribution < -0.4 is 0 Å². The highest BCUT2D eigenvalue weighted by Gasteiger charge is 2.45. The van der Waals surface area contributed by atoms with Crippen molar-refractivity contribution in [3.63, 3.8) is 0 Å². The van der Waals surface area contributed by atoms with Gasteiger partial charge in [0.25, 0.3) is 0 Å². The van der Waals surface area contributed by atoms with Gasteiger partial charge in [0, 0.05) is 24.7 Å². The first kappa shape index (κ1) is 11.6. The summed E-state index contributed by atoms with van der Waals surface area (Å²) in [7, 11) is 0. The van der Waals surface area contributed by atoms with Crippen LogP contribution in [-0.2, 0) is 4.79 Å². The minimum absolute atomic E-state index is 0.0864. The van der Waals surface area contributed by atoms with Gasteiger partial charge >= 0.3 is 0 Å². The van der Waals surface area contributed by atoms with Crippen LogP contribution in [0.15, 0.2) is 12.7 Å². The number of carbonyl (C=O) groups is 1. The van der Waals surface area contributed by atoms with E-state index in [9.17, 15) is 4.79 Å². The Balaban J connectivity index is 2.07. The zero-order valence-corrected chi connectivity index (χ0v) is 10.6. The quantitative estimate of drug-likeness (QED) is 0.628. The van der Waals surface area contributed by atoms with Crippen LogP contribution in [0.1, 0.15) is 27.2 Å². The Morgan fingerprint density at radius 2 is 2.06 bits per heavy atom. The normalized spacial score (nSPS) is 30.6. The highest BCUT2D eigenvalue weighted by molar-refractivity contribution is 5.87. The molecule has 2 atom stereocenters. The van der Waals surface area contributed by atoms with E-state index < -0.39 is 0 Å². The lowest BCUT2D eigenvalue weighted by atomic mass is 10.0.